The summed E-state index contributed by atoms with van der Waals surface area (Å²) in [4.78, 5) is 4.34. The number of halogens is 1. The molecule has 27 heavy (non-hydrogen) atoms. The third-order valence-electron chi connectivity index (χ3n) is 5.28. The molecular weight excluding hydrogens is 457 g/mol. The minimum Gasteiger partial charge on any atom is -0.502 e. The number of hydrogen-bond donors (Lipinski definition) is 3. The van der Waals surface area contributed by atoms with E-state index in [2.05, 4.69) is 29.5 Å². The highest BCUT2D eigenvalue weighted by atomic mass is 127. The van der Waals surface area contributed by atoms with Gasteiger partial charge in [0.25, 0.3) is 0 Å². The lowest BCUT2D eigenvalue weighted by Crippen LogP contribution is -2.44. The summed E-state index contributed by atoms with van der Waals surface area (Å²) in [5.74, 6) is 3.23. The van der Waals surface area contributed by atoms with Crippen molar-refractivity contribution in [2.24, 2.45) is 16.8 Å². The molecule has 0 bridgehead atoms. The van der Waals surface area contributed by atoms with Gasteiger partial charge < -0.3 is 25.2 Å². The van der Waals surface area contributed by atoms with Gasteiger partial charge in [0.15, 0.2) is 17.5 Å². The van der Waals surface area contributed by atoms with Crippen LogP contribution < -0.4 is 20.1 Å². The molecule has 0 heterocycles. The Morgan fingerprint density at radius 1 is 1.15 bits per heavy atom. The third-order valence-corrected chi connectivity index (χ3v) is 5.28. The van der Waals surface area contributed by atoms with Crippen molar-refractivity contribution in [2.45, 2.75) is 52.1 Å². The Morgan fingerprint density at radius 2 is 1.70 bits per heavy atom. The Bertz CT molecular complexity index is 589. The molecule has 0 atom stereocenters. The van der Waals surface area contributed by atoms with Crippen molar-refractivity contribution in [1.29, 1.82) is 0 Å². The van der Waals surface area contributed by atoms with Crippen molar-refractivity contribution in [3.8, 4) is 17.2 Å². The normalized spacial score (nSPS) is 20.0. The van der Waals surface area contributed by atoms with Crippen LogP contribution in [0.5, 0.6) is 17.2 Å². The smallest absolute Gasteiger partial charge is 0.200 e. The molecule has 7 heteroatoms. The Labute approximate surface area is 180 Å². The number of hydrogen-bond acceptors (Lipinski definition) is 4. The van der Waals surface area contributed by atoms with E-state index in [9.17, 15) is 5.11 Å². The molecule has 1 aromatic rings. The number of nitrogens with zero attached hydrogens (tertiary/aromatic N) is 1. The van der Waals surface area contributed by atoms with Gasteiger partial charge in [-0.3, -0.25) is 4.99 Å². The van der Waals surface area contributed by atoms with Gasteiger partial charge in [-0.1, -0.05) is 13.8 Å². The summed E-state index contributed by atoms with van der Waals surface area (Å²) in [5, 5.41) is 16.9. The zero-order valence-electron chi connectivity index (χ0n) is 17.0. The summed E-state index contributed by atoms with van der Waals surface area (Å²) < 4.78 is 10.4. The number of guanidine groups is 1. The average Bonchev–Trinajstić information content (AvgIpc) is 2.66. The highest BCUT2D eigenvalue weighted by molar-refractivity contribution is 14.0. The molecule has 0 unspecified atom stereocenters. The van der Waals surface area contributed by atoms with Gasteiger partial charge in [0.05, 0.1) is 14.2 Å². The summed E-state index contributed by atoms with van der Waals surface area (Å²) >= 11 is 0. The molecule has 1 aromatic carbocycles. The number of aromatic hydroxyl groups is 1. The van der Waals surface area contributed by atoms with Crippen molar-refractivity contribution in [1.82, 2.24) is 10.6 Å². The molecule has 154 valence electrons. The number of ether oxygens (including phenoxy) is 2. The molecule has 1 aliphatic rings. The number of phenols is 1. The predicted octanol–water partition coefficient (Wildman–Crippen LogP) is 3.91. The van der Waals surface area contributed by atoms with Crippen molar-refractivity contribution in [3.05, 3.63) is 17.7 Å². The maximum atomic E-state index is 10.0. The van der Waals surface area contributed by atoms with Gasteiger partial charge in [0.2, 0.25) is 5.75 Å². The highest BCUT2D eigenvalue weighted by Crippen LogP contribution is 2.37. The van der Waals surface area contributed by atoms with Crippen LogP contribution in [0.1, 0.15) is 45.1 Å². The van der Waals surface area contributed by atoms with Gasteiger partial charge in [-0.15, -0.1) is 24.0 Å². The van der Waals surface area contributed by atoms with E-state index in [4.69, 9.17) is 9.47 Å². The van der Waals surface area contributed by atoms with E-state index in [0.717, 1.165) is 23.4 Å². The molecular formula is C20H34IN3O3. The third kappa shape index (κ3) is 6.62. The van der Waals surface area contributed by atoms with Gasteiger partial charge in [0.1, 0.15) is 0 Å². The van der Waals surface area contributed by atoms with E-state index in [-0.39, 0.29) is 29.7 Å². The minimum absolute atomic E-state index is 0. The van der Waals surface area contributed by atoms with E-state index >= 15 is 0 Å². The van der Waals surface area contributed by atoms with Crippen molar-refractivity contribution >= 4 is 29.9 Å². The fourth-order valence-electron chi connectivity index (χ4n) is 3.55. The van der Waals surface area contributed by atoms with Crippen LogP contribution in [0.25, 0.3) is 0 Å². The number of nitrogens with one attached hydrogen (secondary N) is 2. The van der Waals surface area contributed by atoms with Crippen LogP contribution in [0, 0.1) is 11.8 Å². The average molecular weight is 491 g/mol. The van der Waals surface area contributed by atoms with E-state index in [0.29, 0.717) is 24.1 Å². The van der Waals surface area contributed by atoms with Crippen LogP contribution in [-0.2, 0) is 6.54 Å². The van der Waals surface area contributed by atoms with Gasteiger partial charge >= 0.3 is 0 Å². The molecule has 1 aliphatic carbocycles. The zero-order valence-corrected chi connectivity index (χ0v) is 19.4. The van der Waals surface area contributed by atoms with Crippen molar-refractivity contribution in [2.75, 3.05) is 21.3 Å². The Kier molecular flexibility index (Phi) is 10.0. The number of benzene rings is 1. The van der Waals surface area contributed by atoms with Gasteiger partial charge in [-0.2, -0.15) is 0 Å². The van der Waals surface area contributed by atoms with Crippen LogP contribution in [-0.4, -0.2) is 38.4 Å². The summed E-state index contributed by atoms with van der Waals surface area (Å²) in [7, 11) is 4.84. The minimum atomic E-state index is 0. The van der Waals surface area contributed by atoms with E-state index in [1.807, 2.05) is 0 Å². The lowest BCUT2D eigenvalue weighted by atomic mass is 9.80. The first-order chi connectivity index (χ1) is 12.5. The SMILES string of the molecule is CN=C(NCc1cc(OC)c(O)c(OC)c1)NC1CCC(C(C)C)CC1.I. The molecule has 0 aliphatic heterocycles. The summed E-state index contributed by atoms with van der Waals surface area (Å²) in [6, 6.07) is 4.07. The molecule has 3 N–H and O–H groups in total. The maximum Gasteiger partial charge on any atom is 0.200 e. The van der Waals surface area contributed by atoms with Crippen LogP contribution >= 0.6 is 24.0 Å². The molecule has 0 amide bonds. The predicted molar refractivity (Wildman–Crippen MR) is 121 cm³/mol. The second-order valence-electron chi connectivity index (χ2n) is 7.27. The summed E-state index contributed by atoms with van der Waals surface area (Å²) in [5.41, 5.74) is 0.947. The molecule has 6 nitrogen and oxygen atoms in total. The lowest BCUT2D eigenvalue weighted by molar-refractivity contribution is 0.250. The topological polar surface area (TPSA) is 75.1 Å². The van der Waals surface area contributed by atoms with Gasteiger partial charge in [0, 0.05) is 19.6 Å². The molecule has 0 spiro atoms. The van der Waals surface area contributed by atoms with Crippen LogP contribution in [0.15, 0.2) is 17.1 Å². The number of phenolic OH excluding ortho intramolecular Hbond substituents is 1. The highest BCUT2D eigenvalue weighted by Gasteiger charge is 2.23. The number of rotatable bonds is 6. The van der Waals surface area contributed by atoms with Crippen molar-refractivity contribution in [3.63, 3.8) is 0 Å². The standard InChI is InChI=1S/C20H33N3O3.HI/c1-13(2)15-6-8-16(9-7-15)23-20(21-3)22-12-14-10-17(25-4)19(24)18(11-14)26-5;/h10-11,13,15-16,24H,6-9,12H2,1-5H3,(H2,21,22,23);1H. The Balaban J connectivity index is 0.00000364. The van der Waals surface area contributed by atoms with Crippen molar-refractivity contribution < 1.29 is 14.6 Å². The first-order valence-electron chi connectivity index (χ1n) is 9.39. The Hall–Kier alpha value is -1.38. The molecule has 2 rings (SSSR count). The Morgan fingerprint density at radius 3 is 2.15 bits per heavy atom. The van der Waals surface area contributed by atoms with E-state index in [1.54, 1.807) is 19.2 Å². The fraction of sp³-hybridized carbons (Fsp3) is 0.650. The van der Waals surface area contributed by atoms with Gasteiger partial charge in [-0.05, 0) is 55.2 Å². The molecule has 1 fully saturated rings. The largest absolute Gasteiger partial charge is 0.502 e. The first-order valence-corrected chi connectivity index (χ1v) is 9.39. The second-order valence-corrected chi connectivity index (χ2v) is 7.27. The quantitative estimate of drug-likeness (QED) is 0.320. The van der Waals surface area contributed by atoms with Gasteiger partial charge in [-0.25, -0.2) is 0 Å². The number of methoxy groups -OCH3 is 2. The van der Waals surface area contributed by atoms with Crippen LogP contribution in [0.3, 0.4) is 0 Å². The van der Waals surface area contributed by atoms with Crippen LogP contribution in [0.2, 0.25) is 0 Å². The zero-order chi connectivity index (χ0) is 19.1. The number of aliphatic imine (C=N–C) groups is 1. The fourth-order valence-corrected chi connectivity index (χ4v) is 3.55. The maximum absolute atomic E-state index is 10.0. The monoisotopic (exact) mass is 491 g/mol. The lowest BCUT2D eigenvalue weighted by Gasteiger charge is -2.32. The molecule has 0 radical (unpaired) electrons. The molecule has 0 aromatic heterocycles. The van der Waals surface area contributed by atoms with Crippen LogP contribution in [0.4, 0.5) is 0 Å². The summed E-state index contributed by atoms with van der Waals surface area (Å²) in [6.45, 7) is 5.20. The summed E-state index contributed by atoms with van der Waals surface area (Å²) in [6.07, 6.45) is 4.92. The molecule has 0 saturated heterocycles. The second kappa shape index (κ2) is 11.5. The first kappa shape index (κ1) is 23.7. The van der Waals surface area contributed by atoms with E-state index in [1.165, 1.54) is 39.9 Å². The molecule has 1 saturated carbocycles. The van der Waals surface area contributed by atoms with E-state index < -0.39 is 0 Å².